The second kappa shape index (κ2) is 4.96. The van der Waals surface area contributed by atoms with E-state index in [1.54, 1.807) is 26.0 Å². The van der Waals surface area contributed by atoms with E-state index < -0.39 is 10.5 Å². The third-order valence-corrected chi connectivity index (χ3v) is 2.39. The van der Waals surface area contributed by atoms with Gasteiger partial charge in [0.1, 0.15) is 6.61 Å². The molecule has 16 heavy (non-hydrogen) atoms. The number of hydrogen-bond donors (Lipinski definition) is 1. The maximum atomic E-state index is 10.8. The highest BCUT2D eigenvalue weighted by Gasteiger charge is 2.18. The van der Waals surface area contributed by atoms with Crippen LogP contribution in [0.1, 0.15) is 13.8 Å². The lowest BCUT2D eigenvalue weighted by atomic mass is 10.1. The molecular formula is C10H13IN2O3. The Kier molecular flexibility index (Phi) is 4.09. The molecule has 0 amide bonds. The van der Waals surface area contributed by atoms with Crippen molar-refractivity contribution in [3.8, 4) is 5.75 Å². The summed E-state index contributed by atoms with van der Waals surface area (Å²) in [5.41, 5.74) is 5.19. The lowest BCUT2D eigenvalue weighted by Crippen LogP contribution is -2.38. The molecule has 5 nitrogen and oxygen atoms in total. The van der Waals surface area contributed by atoms with Crippen LogP contribution in [0.4, 0.5) is 5.69 Å². The van der Waals surface area contributed by atoms with Crippen molar-refractivity contribution in [3.63, 3.8) is 0 Å². The molecule has 88 valence electrons. The fraction of sp³-hybridized carbons (Fsp3) is 0.400. The van der Waals surface area contributed by atoms with Crippen LogP contribution in [0, 0.1) is 13.7 Å². The Balaban J connectivity index is 2.91. The monoisotopic (exact) mass is 336 g/mol. The van der Waals surface area contributed by atoms with Crippen LogP contribution in [0.5, 0.6) is 5.75 Å². The molecule has 0 radical (unpaired) electrons. The summed E-state index contributed by atoms with van der Waals surface area (Å²) in [6, 6.07) is 4.82. The van der Waals surface area contributed by atoms with Crippen LogP contribution in [0.15, 0.2) is 18.2 Å². The predicted octanol–water partition coefficient (Wildman–Crippen LogP) is 2.32. The lowest BCUT2D eigenvalue weighted by molar-refractivity contribution is -0.386. The zero-order valence-electron chi connectivity index (χ0n) is 9.07. The van der Waals surface area contributed by atoms with Gasteiger partial charge in [-0.2, -0.15) is 0 Å². The molecule has 2 N–H and O–H groups in total. The molecule has 0 aromatic heterocycles. The van der Waals surface area contributed by atoms with Gasteiger partial charge in [-0.05, 0) is 48.6 Å². The summed E-state index contributed by atoms with van der Waals surface area (Å²) in [6.45, 7) is 3.82. The number of nitrogens with zero attached hydrogens (tertiary/aromatic N) is 1. The molecule has 0 unspecified atom stereocenters. The number of hydrogen-bond acceptors (Lipinski definition) is 4. The van der Waals surface area contributed by atoms with Crippen LogP contribution < -0.4 is 10.5 Å². The summed E-state index contributed by atoms with van der Waals surface area (Å²) >= 11 is 2.02. The van der Waals surface area contributed by atoms with Crippen LogP contribution in [0.2, 0.25) is 0 Å². The molecule has 1 aromatic carbocycles. The Morgan fingerprint density at radius 1 is 1.56 bits per heavy atom. The van der Waals surface area contributed by atoms with Crippen molar-refractivity contribution in [3.05, 3.63) is 31.9 Å². The number of rotatable bonds is 4. The van der Waals surface area contributed by atoms with E-state index in [0.29, 0.717) is 0 Å². The Bertz CT molecular complexity index is 402. The van der Waals surface area contributed by atoms with Gasteiger partial charge in [0, 0.05) is 15.2 Å². The summed E-state index contributed by atoms with van der Waals surface area (Å²) < 4.78 is 6.14. The minimum absolute atomic E-state index is 0.0313. The van der Waals surface area contributed by atoms with Gasteiger partial charge in [-0.15, -0.1) is 0 Å². The van der Waals surface area contributed by atoms with Crippen molar-refractivity contribution in [2.45, 2.75) is 19.4 Å². The topological polar surface area (TPSA) is 78.4 Å². The van der Waals surface area contributed by atoms with Crippen molar-refractivity contribution in [2.75, 3.05) is 6.61 Å². The first-order valence-corrected chi connectivity index (χ1v) is 5.73. The first-order chi connectivity index (χ1) is 7.29. The van der Waals surface area contributed by atoms with Crippen molar-refractivity contribution >= 4 is 28.3 Å². The van der Waals surface area contributed by atoms with Gasteiger partial charge < -0.3 is 10.5 Å². The van der Waals surface area contributed by atoms with E-state index in [2.05, 4.69) is 0 Å². The average molecular weight is 336 g/mol. The van der Waals surface area contributed by atoms with Crippen molar-refractivity contribution in [1.82, 2.24) is 0 Å². The van der Waals surface area contributed by atoms with Gasteiger partial charge in [0.15, 0.2) is 5.75 Å². The highest BCUT2D eigenvalue weighted by molar-refractivity contribution is 14.1. The molecule has 6 heteroatoms. The van der Waals surface area contributed by atoms with Crippen LogP contribution >= 0.6 is 22.6 Å². The minimum Gasteiger partial charge on any atom is -0.485 e. The summed E-state index contributed by atoms with van der Waals surface area (Å²) in [5.74, 6) is 0.254. The molecule has 0 saturated carbocycles. The molecule has 1 aromatic rings. The van der Waals surface area contributed by atoms with Gasteiger partial charge in [0.05, 0.1) is 4.92 Å². The third kappa shape index (κ3) is 3.93. The maximum Gasteiger partial charge on any atom is 0.311 e. The second-order valence-corrected chi connectivity index (χ2v) is 5.39. The van der Waals surface area contributed by atoms with Gasteiger partial charge in [0.25, 0.3) is 0 Å². The fourth-order valence-electron chi connectivity index (χ4n) is 1.02. The minimum atomic E-state index is -0.517. The van der Waals surface area contributed by atoms with Crippen LogP contribution in [0.25, 0.3) is 0 Å². The first-order valence-electron chi connectivity index (χ1n) is 4.65. The summed E-state index contributed by atoms with van der Waals surface area (Å²) in [5, 5.41) is 10.8. The largest absolute Gasteiger partial charge is 0.485 e. The van der Waals surface area contributed by atoms with E-state index in [1.807, 2.05) is 22.6 Å². The molecule has 0 aliphatic rings. The SMILES string of the molecule is CC(C)(N)COc1ccc(I)cc1[N+](=O)[O-]. The van der Waals surface area contributed by atoms with Gasteiger partial charge in [0.2, 0.25) is 0 Å². The number of nitro groups is 1. The number of nitrogens with two attached hydrogens (primary N) is 1. The first kappa shape index (κ1) is 13.2. The molecular weight excluding hydrogens is 323 g/mol. The quantitative estimate of drug-likeness (QED) is 0.520. The number of benzene rings is 1. The van der Waals surface area contributed by atoms with Crippen molar-refractivity contribution in [2.24, 2.45) is 5.73 Å². The molecule has 0 fully saturated rings. The standard InChI is InChI=1S/C10H13IN2O3/c1-10(2,12)6-16-9-4-3-7(11)5-8(9)13(14)15/h3-5H,6,12H2,1-2H3. The predicted molar refractivity (Wildman–Crippen MR) is 69.6 cm³/mol. The summed E-state index contributed by atoms with van der Waals surface area (Å²) in [6.07, 6.45) is 0. The Morgan fingerprint density at radius 2 is 2.19 bits per heavy atom. The Labute approximate surface area is 107 Å². The average Bonchev–Trinajstić information content (AvgIpc) is 2.14. The highest BCUT2D eigenvalue weighted by atomic mass is 127. The zero-order chi connectivity index (χ0) is 12.3. The molecule has 0 aliphatic carbocycles. The lowest BCUT2D eigenvalue weighted by Gasteiger charge is -2.18. The molecule has 1 rings (SSSR count). The van der Waals surface area contributed by atoms with Gasteiger partial charge >= 0.3 is 5.69 Å². The van der Waals surface area contributed by atoms with Crippen LogP contribution in [0.3, 0.4) is 0 Å². The summed E-state index contributed by atoms with van der Waals surface area (Å²) in [7, 11) is 0. The van der Waals surface area contributed by atoms with E-state index in [9.17, 15) is 10.1 Å². The van der Waals surface area contributed by atoms with Gasteiger partial charge in [-0.1, -0.05) is 0 Å². The smallest absolute Gasteiger partial charge is 0.311 e. The Morgan fingerprint density at radius 3 is 2.69 bits per heavy atom. The molecule has 0 bridgehead atoms. The second-order valence-electron chi connectivity index (χ2n) is 4.15. The third-order valence-electron chi connectivity index (χ3n) is 1.72. The van der Waals surface area contributed by atoms with E-state index in [1.165, 1.54) is 6.07 Å². The highest BCUT2D eigenvalue weighted by Crippen LogP contribution is 2.28. The van der Waals surface area contributed by atoms with Crippen LogP contribution in [-0.2, 0) is 0 Å². The molecule has 0 saturated heterocycles. The summed E-state index contributed by atoms with van der Waals surface area (Å²) in [4.78, 5) is 10.3. The number of halogens is 1. The van der Waals surface area contributed by atoms with Gasteiger partial charge in [-0.25, -0.2) is 0 Å². The van der Waals surface area contributed by atoms with E-state index in [4.69, 9.17) is 10.5 Å². The molecule has 0 aliphatic heterocycles. The molecule has 0 atom stereocenters. The van der Waals surface area contributed by atoms with E-state index in [0.717, 1.165) is 3.57 Å². The van der Waals surface area contributed by atoms with Crippen LogP contribution in [-0.4, -0.2) is 17.1 Å². The van der Waals surface area contributed by atoms with Crippen molar-refractivity contribution in [1.29, 1.82) is 0 Å². The normalized spacial score (nSPS) is 11.2. The molecule has 0 heterocycles. The van der Waals surface area contributed by atoms with E-state index >= 15 is 0 Å². The van der Waals surface area contributed by atoms with Gasteiger partial charge in [-0.3, -0.25) is 10.1 Å². The molecule has 0 spiro atoms. The van der Waals surface area contributed by atoms with E-state index in [-0.39, 0.29) is 18.0 Å². The Hall–Kier alpha value is -0.890. The maximum absolute atomic E-state index is 10.8. The number of nitro benzene ring substituents is 1. The number of ether oxygens (including phenoxy) is 1. The fourth-order valence-corrected chi connectivity index (χ4v) is 1.49. The zero-order valence-corrected chi connectivity index (χ0v) is 11.2. The van der Waals surface area contributed by atoms with Crippen molar-refractivity contribution < 1.29 is 9.66 Å².